The first-order valence-corrected chi connectivity index (χ1v) is 8.89. The molecule has 1 N–H and O–H groups in total. The lowest BCUT2D eigenvalue weighted by molar-refractivity contribution is 0.0291. The van der Waals surface area contributed by atoms with Gasteiger partial charge in [-0.25, -0.2) is 0 Å². The van der Waals surface area contributed by atoms with Crippen molar-refractivity contribution in [2.45, 2.75) is 76.7 Å². The van der Waals surface area contributed by atoms with E-state index in [0.29, 0.717) is 18.3 Å². The third-order valence-electron chi connectivity index (χ3n) is 7.42. The van der Waals surface area contributed by atoms with Crippen molar-refractivity contribution in [2.75, 3.05) is 0 Å². The maximum Gasteiger partial charge on any atom is 0.155 e. The summed E-state index contributed by atoms with van der Waals surface area (Å²) in [6.45, 7) is 2.54. The first-order valence-electron chi connectivity index (χ1n) is 8.89. The molecule has 0 bridgehead atoms. The predicted molar refractivity (Wildman–Crippen MR) is 82.3 cm³/mol. The highest BCUT2D eigenvalue weighted by Crippen LogP contribution is 2.61. The highest BCUT2D eigenvalue weighted by molar-refractivity contribution is 5.30. The van der Waals surface area contributed by atoms with Crippen LogP contribution in [0.1, 0.15) is 71.1 Å². The molecule has 0 aromatic rings. The van der Waals surface area contributed by atoms with Crippen LogP contribution in [0.15, 0.2) is 11.1 Å². The van der Waals surface area contributed by atoms with E-state index in [0.717, 1.165) is 30.6 Å². The van der Waals surface area contributed by atoms with E-state index in [1.165, 1.54) is 44.1 Å². The van der Waals surface area contributed by atoms with E-state index in [1.54, 1.807) is 5.57 Å². The Labute approximate surface area is 128 Å². The smallest absolute Gasteiger partial charge is 0.155 e. The van der Waals surface area contributed by atoms with E-state index >= 15 is 0 Å². The van der Waals surface area contributed by atoms with Gasteiger partial charge in [0.2, 0.25) is 0 Å². The van der Waals surface area contributed by atoms with Crippen molar-refractivity contribution in [1.82, 2.24) is 0 Å². The molecule has 4 aliphatic carbocycles. The van der Waals surface area contributed by atoms with Crippen LogP contribution in [0.25, 0.3) is 0 Å². The lowest BCUT2D eigenvalue weighted by atomic mass is 9.54. The Bertz CT molecular complexity index is 530. The molecule has 4 rings (SSSR count). The van der Waals surface area contributed by atoms with E-state index in [-0.39, 0.29) is 0 Å². The van der Waals surface area contributed by atoms with Crippen LogP contribution in [0.5, 0.6) is 0 Å². The number of nitrogens with zero attached hydrogens (tertiary/aromatic N) is 1. The molecular formula is C19H27NO. The lowest BCUT2D eigenvalue weighted by Crippen LogP contribution is -2.43. The van der Waals surface area contributed by atoms with Crippen LogP contribution in [0, 0.1) is 34.5 Å². The second-order valence-electron chi connectivity index (χ2n) is 8.45. The largest absolute Gasteiger partial charge is 0.375 e. The van der Waals surface area contributed by atoms with Crippen molar-refractivity contribution < 1.29 is 5.11 Å². The molecule has 0 amide bonds. The number of hydrogen-bond donors (Lipinski definition) is 1. The predicted octanol–water partition coefficient (Wildman–Crippen LogP) is 4.35. The SMILES string of the molecule is C[C@@]12CCC[C@H]1[C@@H]1CCC3=C(CCC(O)(C#N)C3)[C@H]1CC2. The third kappa shape index (κ3) is 2.00. The Kier molecular flexibility index (Phi) is 3.02. The number of fused-ring (bicyclic) bond motifs is 4. The summed E-state index contributed by atoms with van der Waals surface area (Å²) in [5, 5.41) is 19.5. The van der Waals surface area contributed by atoms with E-state index in [4.69, 9.17) is 0 Å². The van der Waals surface area contributed by atoms with Crippen LogP contribution < -0.4 is 0 Å². The number of allylic oxidation sites excluding steroid dienone is 1. The van der Waals surface area contributed by atoms with E-state index in [1.807, 2.05) is 0 Å². The summed E-state index contributed by atoms with van der Waals surface area (Å²) in [7, 11) is 0. The Morgan fingerprint density at radius 3 is 2.81 bits per heavy atom. The van der Waals surface area contributed by atoms with Crippen molar-refractivity contribution in [3.8, 4) is 6.07 Å². The zero-order valence-electron chi connectivity index (χ0n) is 13.2. The van der Waals surface area contributed by atoms with Gasteiger partial charge in [-0.2, -0.15) is 5.26 Å². The number of nitriles is 1. The molecule has 2 nitrogen and oxygen atoms in total. The van der Waals surface area contributed by atoms with Crippen LogP contribution in [0.2, 0.25) is 0 Å². The van der Waals surface area contributed by atoms with Gasteiger partial charge in [0.05, 0.1) is 6.07 Å². The molecule has 2 fully saturated rings. The van der Waals surface area contributed by atoms with Crippen LogP contribution in [-0.2, 0) is 0 Å². The quantitative estimate of drug-likeness (QED) is 0.531. The van der Waals surface area contributed by atoms with Gasteiger partial charge in [-0.1, -0.05) is 24.5 Å². The summed E-state index contributed by atoms with van der Waals surface area (Å²) >= 11 is 0. The molecule has 5 atom stereocenters. The Morgan fingerprint density at radius 1 is 1.14 bits per heavy atom. The Balaban J connectivity index is 1.63. The molecule has 0 aromatic carbocycles. The topological polar surface area (TPSA) is 44.0 Å². The van der Waals surface area contributed by atoms with Crippen LogP contribution in [0.3, 0.4) is 0 Å². The van der Waals surface area contributed by atoms with E-state index in [9.17, 15) is 10.4 Å². The highest BCUT2D eigenvalue weighted by Gasteiger charge is 2.51. The van der Waals surface area contributed by atoms with Gasteiger partial charge in [0.15, 0.2) is 5.60 Å². The standard InChI is InChI=1S/C19H27NO/c1-18-8-2-3-17(18)16-5-4-13-11-19(21,12-20)10-7-14(13)15(16)6-9-18/h15-17,21H,2-11H2,1H3/t15-,16-,17+,18+,19?/m1/s1. The van der Waals surface area contributed by atoms with E-state index < -0.39 is 5.60 Å². The van der Waals surface area contributed by atoms with Crippen molar-refractivity contribution in [2.24, 2.45) is 23.2 Å². The van der Waals surface area contributed by atoms with Gasteiger partial charge in [0.1, 0.15) is 0 Å². The van der Waals surface area contributed by atoms with Crippen molar-refractivity contribution >= 4 is 0 Å². The minimum Gasteiger partial charge on any atom is -0.375 e. The summed E-state index contributed by atoms with van der Waals surface area (Å²) in [5.41, 5.74) is 2.68. The summed E-state index contributed by atoms with van der Waals surface area (Å²) in [5.74, 6) is 2.63. The maximum atomic E-state index is 10.3. The first kappa shape index (κ1) is 13.8. The molecule has 0 aliphatic heterocycles. The second kappa shape index (κ2) is 4.59. The average Bonchev–Trinajstić information content (AvgIpc) is 2.88. The Morgan fingerprint density at radius 2 is 2.00 bits per heavy atom. The summed E-state index contributed by atoms with van der Waals surface area (Å²) in [4.78, 5) is 0. The van der Waals surface area contributed by atoms with Gasteiger partial charge in [-0.05, 0) is 74.5 Å². The normalized spacial score (nSPS) is 49.1. The molecule has 0 heterocycles. The number of rotatable bonds is 0. The highest BCUT2D eigenvalue weighted by atomic mass is 16.3. The van der Waals surface area contributed by atoms with Crippen LogP contribution >= 0.6 is 0 Å². The van der Waals surface area contributed by atoms with Crippen molar-refractivity contribution in [3.63, 3.8) is 0 Å². The summed E-state index contributed by atoms with van der Waals surface area (Å²) in [6.07, 6.45) is 11.8. The van der Waals surface area contributed by atoms with Crippen LogP contribution in [0.4, 0.5) is 0 Å². The summed E-state index contributed by atoms with van der Waals surface area (Å²) in [6, 6.07) is 2.15. The maximum absolute atomic E-state index is 10.3. The minimum atomic E-state index is -1.07. The van der Waals surface area contributed by atoms with Gasteiger partial charge in [-0.15, -0.1) is 0 Å². The molecule has 2 heteroatoms. The van der Waals surface area contributed by atoms with Crippen molar-refractivity contribution in [3.05, 3.63) is 11.1 Å². The monoisotopic (exact) mass is 285 g/mol. The zero-order chi connectivity index (χ0) is 14.7. The Hall–Kier alpha value is -0.810. The summed E-state index contributed by atoms with van der Waals surface area (Å²) < 4.78 is 0. The molecule has 114 valence electrons. The fourth-order valence-corrected chi connectivity index (χ4v) is 6.32. The molecular weight excluding hydrogens is 258 g/mol. The molecule has 2 saturated carbocycles. The fraction of sp³-hybridized carbons (Fsp3) is 0.842. The lowest BCUT2D eigenvalue weighted by Gasteiger charge is -2.51. The van der Waals surface area contributed by atoms with Crippen LogP contribution in [-0.4, -0.2) is 10.7 Å². The number of hydrogen-bond acceptors (Lipinski definition) is 2. The van der Waals surface area contributed by atoms with Gasteiger partial charge in [0, 0.05) is 6.42 Å². The van der Waals surface area contributed by atoms with Gasteiger partial charge < -0.3 is 5.11 Å². The second-order valence-corrected chi connectivity index (χ2v) is 8.45. The first-order chi connectivity index (χ1) is 10.0. The number of aliphatic hydroxyl groups is 1. The molecule has 0 spiro atoms. The fourth-order valence-electron chi connectivity index (χ4n) is 6.32. The molecule has 4 aliphatic rings. The van der Waals surface area contributed by atoms with Gasteiger partial charge in [-0.3, -0.25) is 0 Å². The zero-order valence-corrected chi connectivity index (χ0v) is 13.2. The molecule has 21 heavy (non-hydrogen) atoms. The van der Waals surface area contributed by atoms with Gasteiger partial charge in [0.25, 0.3) is 0 Å². The molecule has 0 radical (unpaired) electrons. The molecule has 1 unspecified atom stereocenters. The third-order valence-corrected chi connectivity index (χ3v) is 7.42. The van der Waals surface area contributed by atoms with Gasteiger partial charge >= 0.3 is 0 Å². The van der Waals surface area contributed by atoms with E-state index in [2.05, 4.69) is 13.0 Å². The molecule has 0 aromatic heterocycles. The average molecular weight is 285 g/mol. The minimum absolute atomic E-state index is 0.626. The van der Waals surface area contributed by atoms with Crippen molar-refractivity contribution in [1.29, 1.82) is 5.26 Å². The molecule has 0 saturated heterocycles.